The molecule has 1 heterocycles. The van der Waals surface area contributed by atoms with Gasteiger partial charge in [0.15, 0.2) is 0 Å². The van der Waals surface area contributed by atoms with E-state index < -0.39 is 35.3 Å². The molecule has 2 aromatic carbocycles. The van der Waals surface area contributed by atoms with Gasteiger partial charge in [-0.05, 0) is 101 Å². The number of nitrogens with zero attached hydrogens (tertiary/aromatic N) is 1. The Kier molecular flexibility index (Phi) is 8.74. The standard InChI is InChI=1S/C29H36F2N2O4/c1-8-13-33-17(2)14-21-18(3)24(32-28(35)37-29(4,5)6)11-10-20(21)27(33)26-22(30)15-19(16-23(26)31)9-12-25(34)36-7/h9-12,15-17,27H,8,13-14H2,1-7H3,(H,32,35)/b12-9+. The maximum absolute atomic E-state index is 15.6. The van der Waals surface area contributed by atoms with Crippen molar-refractivity contribution in [2.75, 3.05) is 19.0 Å². The molecule has 1 amide bonds. The molecule has 0 radical (unpaired) electrons. The highest BCUT2D eigenvalue weighted by molar-refractivity contribution is 5.87. The number of carbonyl (C=O) groups is 2. The zero-order valence-corrected chi connectivity index (χ0v) is 22.6. The number of benzene rings is 2. The predicted octanol–water partition coefficient (Wildman–Crippen LogP) is 6.55. The van der Waals surface area contributed by atoms with Crippen LogP contribution in [0.25, 0.3) is 6.08 Å². The van der Waals surface area contributed by atoms with Crippen molar-refractivity contribution in [2.24, 2.45) is 0 Å². The van der Waals surface area contributed by atoms with Crippen molar-refractivity contribution in [2.45, 2.75) is 72.1 Å². The molecule has 2 aromatic rings. The Hall–Kier alpha value is -3.26. The summed E-state index contributed by atoms with van der Waals surface area (Å²) < 4.78 is 41.1. The van der Waals surface area contributed by atoms with Gasteiger partial charge < -0.3 is 9.47 Å². The van der Waals surface area contributed by atoms with Crippen molar-refractivity contribution in [3.63, 3.8) is 0 Å². The molecule has 3 rings (SSSR count). The maximum atomic E-state index is 15.6. The number of esters is 1. The number of nitrogens with one attached hydrogen (secondary N) is 1. The third kappa shape index (κ3) is 6.55. The van der Waals surface area contributed by atoms with Gasteiger partial charge in [0.2, 0.25) is 0 Å². The maximum Gasteiger partial charge on any atom is 0.412 e. The van der Waals surface area contributed by atoms with Gasteiger partial charge in [-0.3, -0.25) is 10.2 Å². The van der Waals surface area contributed by atoms with E-state index in [0.29, 0.717) is 18.7 Å². The van der Waals surface area contributed by atoms with E-state index in [-0.39, 0.29) is 17.2 Å². The van der Waals surface area contributed by atoms with Crippen molar-refractivity contribution in [3.05, 3.63) is 69.8 Å². The molecule has 0 aromatic heterocycles. The molecule has 0 saturated heterocycles. The number of ether oxygens (including phenoxy) is 2. The number of halogens is 2. The van der Waals surface area contributed by atoms with E-state index in [9.17, 15) is 9.59 Å². The average Bonchev–Trinajstić information content (AvgIpc) is 2.80. The normalized spacial score (nSPS) is 18.0. The molecule has 2 unspecified atom stereocenters. The van der Waals surface area contributed by atoms with Gasteiger partial charge in [-0.15, -0.1) is 0 Å². The summed E-state index contributed by atoms with van der Waals surface area (Å²) in [4.78, 5) is 25.9. The molecule has 0 bridgehead atoms. The van der Waals surface area contributed by atoms with Crippen molar-refractivity contribution in [1.29, 1.82) is 0 Å². The molecule has 37 heavy (non-hydrogen) atoms. The first-order valence-electron chi connectivity index (χ1n) is 12.5. The van der Waals surface area contributed by atoms with Crippen LogP contribution in [0.4, 0.5) is 19.3 Å². The quantitative estimate of drug-likeness (QED) is 0.350. The fraction of sp³-hybridized carbons (Fsp3) is 0.448. The molecular weight excluding hydrogens is 478 g/mol. The molecule has 6 nitrogen and oxygen atoms in total. The molecule has 0 fully saturated rings. The number of anilines is 1. The molecule has 1 aliphatic rings. The Morgan fingerprint density at radius 3 is 2.41 bits per heavy atom. The average molecular weight is 515 g/mol. The van der Waals surface area contributed by atoms with Crippen LogP contribution in [0.2, 0.25) is 0 Å². The zero-order chi connectivity index (χ0) is 27.5. The summed E-state index contributed by atoms with van der Waals surface area (Å²) >= 11 is 0. The minimum absolute atomic E-state index is 0.00521. The SMILES string of the molecule is CCCN1C(C)Cc2c(ccc(NC(=O)OC(C)(C)C)c2C)C1c1c(F)cc(/C=C/C(=O)OC)cc1F. The minimum Gasteiger partial charge on any atom is -0.466 e. The fourth-order valence-electron chi connectivity index (χ4n) is 4.82. The summed E-state index contributed by atoms with van der Waals surface area (Å²) in [7, 11) is 1.23. The molecule has 8 heteroatoms. The molecule has 200 valence electrons. The number of rotatable bonds is 6. The second-order valence-corrected chi connectivity index (χ2v) is 10.4. The first-order chi connectivity index (χ1) is 17.4. The summed E-state index contributed by atoms with van der Waals surface area (Å²) in [5.41, 5.74) is 2.75. The Morgan fingerprint density at radius 2 is 1.84 bits per heavy atom. The number of fused-ring (bicyclic) bond motifs is 1. The smallest absolute Gasteiger partial charge is 0.412 e. The van der Waals surface area contributed by atoms with Crippen LogP contribution in [-0.4, -0.2) is 42.3 Å². The lowest BCUT2D eigenvalue weighted by Gasteiger charge is -2.43. The minimum atomic E-state index is -0.690. The van der Waals surface area contributed by atoms with Gasteiger partial charge in [-0.1, -0.05) is 13.0 Å². The highest BCUT2D eigenvalue weighted by atomic mass is 19.1. The van der Waals surface area contributed by atoms with Crippen LogP contribution in [0, 0.1) is 18.6 Å². The van der Waals surface area contributed by atoms with Gasteiger partial charge in [0.1, 0.15) is 17.2 Å². The van der Waals surface area contributed by atoms with Crippen LogP contribution >= 0.6 is 0 Å². The summed E-state index contributed by atoms with van der Waals surface area (Å²) in [6, 6.07) is 5.41. The Morgan fingerprint density at radius 1 is 1.19 bits per heavy atom. The summed E-state index contributed by atoms with van der Waals surface area (Å²) in [5.74, 6) is -1.99. The summed E-state index contributed by atoms with van der Waals surface area (Å²) in [5, 5.41) is 2.81. The largest absolute Gasteiger partial charge is 0.466 e. The highest BCUT2D eigenvalue weighted by Gasteiger charge is 2.37. The number of carbonyl (C=O) groups excluding carboxylic acids is 2. The Bertz CT molecular complexity index is 1180. The van der Waals surface area contributed by atoms with Gasteiger partial charge >= 0.3 is 12.1 Å². The van der Waals surface area contributed by atoms with Crippen LogP contribution < -0.4 is 5.32 Å². The highest BCUT2D eigenvalue weighted by Crippen LogP contribution is 2.42. The van der Waals surface area contributed by atoms with Crippen LogP contribution in [0.5, 0.6) is 0 Å². The summed E-state index contributed by atoms with van der Waals surface area (Å²) in [6.45, 7) is 12.0. The second kappa shape index (κ2) is 11.4. The van der Waals surface area contributed by atoms with E-state index in [2.05, 4.69) is 15.0 Å². The predicted molar refractivity (Wildman–Crippen MR) is 140 cm³/mol. The lowest BCUT2D eigenvalue weighted by atomic mass is 9.82. The van der Waals surface area contributed by atoms with E-state index in [4.69, 9.17) is 4.74 Å². The summed E-state index contributed by atoms with van der Waals surface area (Å²) in [6.07, 6.45) is 3.37. The Labute approximate surface area is 217 Å². The number of methoxy groups -OCH3 is 1. The molecule has 0 aliphatic carbocycles. The first kappa shape index (κ1) is 28.3. The Balaban J connectivity index is 2.09. The van der Waals surface area contributed by atoms with Crippen LogP contribution in [0.1, 0.15) is 74.9 Å². The van der Waals surface area contributed by atoms with E-state index in [0.717, 1.165) is 29.2 Å². The van der Waals surface area contributed by atoms with E-state index in [1.165, 1.54) is 25.3 Å². The van der Waals surface area contributed by atoms with Crippen molar-refractivity contribution >= 4 is 23.8 Å². The lowest BCUT2D eigenvalue weighted by Crippen LogP contribution is -2.44. The van der Waals surface area contributed by atoms with Gasteiger partial charge in [0.05, 0.1) is 13.2 Å². The zero-order valence-electron chi connectivity index (χ0n) is 22.6. The molecule has 0 saturated carbocycles. The van der Waals surface area contributed by atoms with E-state index in [1.807, 2.05) is 26.8 Å². The topological polar surface area (TPSA) is 67.9 Å². The lowest BCUT2D eigenvalue weighted by molar-refractivity contribution is -0.134. The van der Waals surface area contributed by atoms with E-state index in [1.54, 1.807) is 26.8 Å². The number of hydrogen-bond donors (Lipinski definition) is 1. The molecule has 2 atom stereocenters. The molecule has 0 spiro atoms. The fourth-order valence-corrected chi connectivity index (χ4v) is 4.82. The molecule has 1 N–H and O–H groups in total. The number of amides is 1. The second-order valence-electron chi connectivity index (χ2n) is 10.4. The van der Waals surface area contributed by atoms with Gasteiger partial charge in [0.25, 0.3) is 0 Å². The van der Waals surface area contributed by atoms with Gasteiger partial charge in [-0.2, -0.15) is 0 Å². The third-order valence-electron chi connectivity index (χ3n) is 6.43. The van der Waals surface area contributed by atoms with Crippen molar-refractivity contribution in [3.8, 4) is 0 Å². The van der Waals surface area contributed by atoms with Gasteiger partial charge in [-0.25, -0.2) is 18.4 Å². The molecule has 1 aliphatic heterocycles. The third-order valence-corrected chi connectivity index (χ3v) is 6.43. The number of hydrogen-bond acceptors (Lipinski definition) is 5. The first-order valence-corrected chi connectivity index (χ1v) is 12.5. The molecular formula is C29H36F2N2O4. The van der Waals surface area contributed by atoms with Crippen LogP contribution in [-0.2, 0) is 20.7 Å². The van der Waals surface area contributed by atoms with Crippen molar-refractivity contribution < 1.29 is 27.8 Å². The monoisotopic (exact) mass is 514 g/mol. The van der Waals surface area contributed by atoms with Crippen molar-refractivity contribution in [1.82, 2.24) is 4.90 Å². The van der Waals surface area contributed by atoms with E-state index >= 15 is 8.78 Å². The van der Waals surface area contributed by atoms with Crippen LogP contribution in [0.15, 0.2) is 30.3 Å². The van der Waals surface area contributed by atoms with Crippen LogP contribution in [0.3, 0.4) is 0 Å². The van der Waals surface area contributed by atoms with Gasteiger partial charge in [0, 0.05) is 23.4 Å².